The average molecular weight is 369 g/mol. The number of aromatic nitrogens is 1. The maximum atomic E-state index is 11.8. The van der Waals surface area contributed by atoms with Gasteiger partial charge in [-0.15, -0.1) is 0 Å². The van der Waals surface area contributed by atoms with Crippen LogP contribution in [0.1, 0.15) is 25.3 Å². The number of ether oxygens (including phenoxy) is 1. The summed E-state index contributed by atoms with van der Waals surface area (Å²) in [7, 11) is 1.77. The number of hydrogen-bond acceptors (Lipinski definition) is 4. The Morgan fingerprint density at radius 1 is 1.30 bits per heavy atom. The number of carbonyl (C=O) groups is 1. The van der Waals surface area contributed by atoms with Crippen LogP contribution in [0.5, 0.6) is 0 Å². The van der Waals surface area contributed by atoms with Crippen molar-refractivity contribution in [2.75, 3.05) is 26.7 Å². The Hall–Kier alpha value is -2.83. The highest BCUT2D eigenvalue weighted by Crippen LogP contribution is 2.16. The molecule has 1 fully saturated rings. The Labute approximate surface area is 159 Å². The summed E-state index contributed by atoms with van der Waals surface area (Å²) in [6.07, 6.45) is 3.34. The van der Waals surface area contributed by atoms with Gasteiger partial charge in [-0.1, -0.05) is 24.3 Å². The van der Waals surface area contributed by atoms with Crippen LogP contribution in [0.3, 0.4) is 0 Å². The number of guanidine groups is 1. The van der Waals surface area contributed by atoms with Crippen LogP contribution in [0.25, 0.3) is 10.9 Å². The van der Waals surface area contributed by atoms with Crippen molar-refractivity contribution in [2.45, 2.75) is 32.4 Å². The molecule has 3 rings (SSSR count). The largest absolute Gasteiger partial charge is 0.450 e. The van der Waals surface area contributed by atoms with Crippen LogP contribution in [0.4, 0.5) is 4.79 Å². The molecule has 144 valence electrons. The normalized spacial score (nSPS) is 15.6. The van der Waals surface area contributed by atoms with Crippen molar-refractivity contribution in [3.8, 4) is 0 Å². The minimum atomic E-state index is -0.220. The third-order valence-electron chi connectivity index (χ3n) is 4.75. The van der Waals surface area contributed by atoms with E-state index < -0.39 is 0 Å². The number of hydrogen-bond donors (Lipinski definition) is 2. The topological polar surface area (TPSA) is 78.8 Å². The maximum Gasteiger partial charge on any atom is 0.409 e. The monoisotopic (exact) mass is 369 g/mol. The molecule has 1 aliphatic heterocycles. The second-order valence-electron chi connectivity index (χ2n) is 6.52. The number of rotatable bonds is 4. The number of fused-ring (bicyclic) bond motifs is 1. The first-order valence-corrected chi connectivity index (χ1v) is 9.42. The van der Waals surface area contributed by atoms with Crippen LogP contribution in [0.15, 0.2) is 41.5 Å². The molecule has 0 spiro atoms. The quantitative estimate of drug-likeness (QED) is 0.640. The second-order valence-corrected chi connectivity index (χ2v) is 6.52. The van der Waals surface area contributed by atoms with Crippen molar-refractivity contribution in [3.05, 3.63) is 42.1 Å². The molecule has 0 atom stereocenters. The standard InChI is InChI=1S/C20H27N5O2/c1-3-27-20(26)25-12-9-17(10-13-25)24-19(21-2)23-14-16-7-4-6-15-8-5-11-22-18(15)16/h4-8,11,17H,3,9-10,12-14H2,1-2H3,(H2,21,23,24). The van der Waals surface area contributed by atoms with Gasteiger partial charge in [-0.25, -0.2) is 4.79 Å². The minimum absolute atomic E-state index is 0.220. The molecule has 1 aromatic heterocycles. The van der Waals surface area contributed by atoms with Crippen LogP contribution in [-0.2, 0) is 11.3 Å². The molecule has 1 saturated heterocycles. The van der Waals surface area contributed by atoms with Crippen LogP contribution < -0.4 is 10.6 Å². The van der Waals surface area contributed by atoms with Crippen LogP contribution in [0, 0.1) is 0 Å². The number of nitrogens with zero attached hydrogens (tertiary/aromatic N) is 3. The summed E-state index contributed by atoms with van der Waals surface area (Å²) < 4.78 is 5.07. The molecule has 0 bridgehead atoms. The Morgan fingerprint density at radius 2 is 2.07 bits per heavy atom. The zero-order valence-electron chi connectivity index (χ0n) is 15.9. The number of pyridine rings is 1. The van der Waals surface area contributed by atoms with Gasteiger partial charge in [0.15, 0.2) is 5.96 Å². The van der Waals surface area contributed by atoms with Crippen LogP contribution >= 0.6 is 0 Å². The first-order chi connectivity index (χ1) is 13.2. The van der Waals surface area contributed by atoms with Crippen LogP contribution in [-0.4, -0.2) is 54.7 Å². The summed E-state index contributed by atoms with van der Waals surface area (Å²) in [5, 5.41) is 7.96. The summed E-state index contributed by atoms with van der Waals surface area (Å²) in [6.45, 7) is 4.28. The first kappa shape index (κ1) is 18.9. The highest BCUT2D eigenvalue weighted by Gasteiger charge is 2.24. The highest BCUT2D eigenvalue weighted by atomic mass is 16.6. The SMILES string of the molecule is CCOC(=O)N1CCC(NC(=NC)NCc2cccc3cccnc23)CC1. The lowest BCUT2D eigenvalue weighted by atomic mass is 10.1. The van der Waals surface area contributed by atoms with Crippen molar-refractivity contribution < 1.29 is 9.53 Å². The molecule has 2 N–H and O–H groups in total. The predicted molar refractivity (Wildman–Crippen MR) is 107 cm³/mol. The molecular formula is C20H27N5O2. The number of piperidine rings is 1. The molecular weight excluding hydrogens is 342 g/mol. The molecule has 0 radical (unpaired) electrons. The van der Waals surface area contributed by atoms with Gasteiger partial charge in [-0.2, -0.15) is 0 Å². The zero-order valence-corrected chi connectivity index (χ0v) is 15.9. The fraction of sp³-hybridized carbons (Fsp3) is 0.450. The van der Waals surface area contributed by atoms with E-state index in [1.807, 2.05) is 25.3 Å². The van der Waals surface area contributed by atoms with Crippen LogP contribution in [0.2, 0.25) is 0 Å². The number of likely N-dealkylation sites (tertiary alicyclic amines) is 1. The lowest BCUT2D eigenvalue weighted by Gasteiger charge is -2.32. The summed E-state index contributed by atoms with van der Waals surface area (Å²) in [4.78, 5) is 22.4. The van der Waals surface area contributed by atoms with Crippen molar-refractivity contribution in [2.24, 2.45) is 4.99 Å². The summed E-state index contributed by atoms with van der Waals surface area (Å²) in [6, 6.07) is 10.5. The zero-order chi connectivity index (χ0) is 19.1. The Balaban J connectivity index is 1.52. The fourth-order valence-electron chi connectivity index (χ4n) is 3.30. The van der Waals surface area contributed by atoms with Gasteiger partial charge in [-0.3, -0.25) is 9.98 Å². The van der Waals surface area contributed by atoms with Crippen molar-refractivity contribution in [1.29, 1.82) is 0 Å². The number of aliphatic imine (C=N–C) groups is 1. The van der Waals surface area contributed by atoms with Crippen molar-refractivity contribution in [1.82, 2.24) is 20.5 Å². The molecule has 2 aromatic rings. The smallest absolute Gasteiger partial charge is 0.409 e. The number of amides is 1. The number of benzene rings is 1. The molecule has 1 aliphatic rings. The van der Waals surface area contributed by atoms with Gasteiger partial charge in [0.25, 0.3) is 0 Å². The molecule has 1 aromatic carbocycles. The molecule has 0 aliphatic carbocycles. The lowest BCUT2D eigenvalue weighted by molar-refractivity contribution is 0.0963. The molecule has 7 nitrogen and oxygen atoms in total. The summed E-state index contributed by atoms with van der Waals surface area (Å²) in [5.74, 6) is 0.762. The third kappa shape index (κ3) is 4.87. The third-order valence-corrected chi connectivity index (χ3v) is 4.75. The van der Waals surface area contributed by atoms with Gasteiger partial charge >= 0.3 is 6.09 Å². The predicted octanol–water partition coefficient (Wildman–Crippen LogP) is 2.52. The Kier molecular flexibility index (Phi) is 6.46. The van der Waals surface area contributed by atoms with Gasteiger partial charge in [0.2, 0.25) is 0 Å². The van der Waals surface area contributed by atoms with E-state index >= 15 is 0 Å². The van der Waals surface area contributed by atoms with Gasteiger partial charge < -0.3 is 20.3 Å². The van der Waals surface area contributed by atoms with E-state index in [4.69, 9.17) is 4.74 Å². The van der Waals surface area contributed by atoms with E-state index in [9.17, 15) is 4.79 Å². The Morgan fingerprint density at radius 3 is 2.81 bits per heavy atom. The fourth-order valence-corrected chi connectivity index (χ4v) is 3.30. The van der Waals surface area contributed by atoms with E-state index in [1.165, 1.54) is 0 Å². The maximum absolute atomic E-state index is 11.8. The number of carbonyl (C=O) groups excluding carboxylic acids is 1. The molecule has 0 saturated carbocycles. The molecule has 27 heavy (non-hydrogen) atoms. The summed E-state index contributed by atoms with van der Waals surface area (Å²) >= 11 is 0. The van der Waals surface area contributed by atoms with Gasteiger partial charge in [-0.05, 0) is 31.4 Å². The first-order valence-electron chi connectivity index (χ1n) is 9.42. The summed E-state index contributed by atoms with van der Waals surface area (Å²) in [5.41, 5.74) is 2.14. The second kappa shape index (κ2) is 9.21. The van der Waals surface area contributed by atoms with Crippen molar-refractivity contribution >= 4 is 23.0 Å². The van der Waals surface area contributed by atoms with Gasteiger partial charge in [0, 0.05) is 44.3 Å². The highest BCUT2D eigenvalue weighted by molar-refractivity contribution is 5.83. The molecule has 0 unspecified atom stereocenters. The van der Waals surface area contributed by atoms with E-state index in [0.717, 1.165) is 35.3 Å². The van der Waals surface area contributed by atoms with E-state index in [1.54, 1.807) is 11.9 Å². The van der Waals surface area contributed by atoms with E-state index in [2.05, 4.69) is 38.8 Å². The minimum Gasteiger partial charge on any atom is -0.450 e. The molecule has 7 heteroatoms. The van der Waals surface area contributed by atoms with Crippen molar-refractivity contribution in [3.63, 3.8) is 0 Å². The lowest BCUT2D eigenvalue weighted by Crippen LogP contribution is -2.49. The average Bonchev–Trinajstić information content (AvgIpc) is 2.71. The number of para-hydroxylation sites is 1. The van der Waals surface area contributed by atoms with E-state index in [-0.39, 0.29) is 12.1 Å². The molecule has 2 heterocycles. The van der Waals surface area contributed by atoms with Gasteiger partial charge in [0.1, 0.15) is 0 Å². The number of nitrogens with one attached hydrogen (secondary N) is 2. The molecule has 1 amide bonds. The Bertz CT molecular complexity index is 795. The van der Waals surface area contributed by atoms with Gasteiger partial charge in [0.05, 0.1) is 12.1 Å². The van der Waals surface area contributed by atoms with E-state index in [0.29, 0.717) is 26.2 Å².